The molecule has 0 atom stereocenters. The fourth-order valence-corrected chi connectivity index (χ4v) is 3.63. The molecule has 1 aromatic carbocycles. The van der Waals surface area contributed by atoms with Crippen LogP contribution in [-0.2, 0) is 9.59 Å². The van der Waals surface area contributed by atoms with E-state index in [9.17, 15) is 18.8 Å². The van der Waals surface area contributed by atoms with E-state index in [-0.39, 0.29) is 11.6 Å². The lowest BCUT2D eigenvalue weighted by Crippen LogP contribution is -2.49. The molecule has 7 heteroatoms. The zero-order valence-corrected chi connectivity index (χ0v) is 14.2. The normalized spacial score (nSPS) is 26.0. The van der Waals surface area contributed by atoms with E-state index in [1.165, 1.54) is 18.2 Å². The monoisotopic (exact) mass is 347 g/mol. The Labute approximate surface area is 145 Å². The molecule has 1 aromatic rings. The zero-order valence-electron chi connectivity index (χ0n) is 14.2. The predicted molar refractivity (Wildman–Crippen MR) is 90.3 cm³/mol. The number of hydrogen-bond acceptors (Lipinski definition) is 3. The Bertz CT molecular complexity index is 699. The fourth-order valence-electron chi connectivity index (χ4n) is 3.63. The van der Waals surface area contributed by atoms with Crippen molar-refractivity contribution in [3.63, 3.8) is 0 Å². The van der Waals surface area contributed by atoms with Crippen molar-refractivity contribution in [2.24, 2.45) is 5.92 Å². The molecule has 1 heterocycles. The third-order valence-electron chi connectivity index (χ3n) is 5.23. The smallest absolute Gasteiger partial charge is 0.323 e. The largest absolute Gasteiger partial charge is 0.325 e. The second-order valence-electron chi connectivity index (χ2n) is 6.78. The summed E-state index contributed by atoms with van der Waals surface area (Å²) in [5.74, 6) is -0.945. The van der Waals surface area contributed by atoms with Crippen molar-refractivity contribution >= 4 is 23.5 Å². The number of nitrogens with one attached hydrogen (secondary N) is 2. The van der Waals surface area contributed by atoms with Crippen molar-refractivity contribution in [1.29, 1.82) is 0 Å². The minimum Gasteiger partial charge on any atom is -0.323 e. The molecule has 0 unspecified atom stereocenters. The van der Waals surface area contributed by atoms with E-state index in [0.29, 0.717) is 18.8 Å². The highest BCUT2D eigenvalue weighted by Gasteiger charge is 2.52. The van der Waals surface area contributed by atoms with Crippen LogP contribution in [0.2, 0.25) is 0 Å². The highest BCUT2D eigenvalue weighted by atomic mass is 19.1. The first kappa shape index (κ1) is 17.4. The summed E-state index contributed by atoms with van der Waals surface area (Å²) in [6, 6.07) is 5.20. The number of benzene rings is 1. The Morgan fingerprint density at radius 2 is 2.00 bits per heavy atom. The molecule has 3 rings (SSSR count). The average molecular weight is 347 g/mol. The van der Waals surface area contributed by atoms with Crippen LogP contribution in [0.4, 0.5) is 14.9 Å². The summed E-state index contributed by atoms with van der Waals surface area (Å²) in [5, 5.41) is 5.18. The Kier molecular flexibility index (Phi) is 4.74. The van der Waals surface area contributed by atoms with Crippen LogP contribution in [0.15, 0.2) is 24.3 Å². The third-order valence-corrected chi connectivity index (χ3v) is 5.23. The standard InChI is InChI=1S/C18H22FN3O3/c1-2-12-7-9-18(10-8-12)16(24)22(17(25)21-18)11-15(23)20-14-6-4-3-5-13(14)19/h3-6,12H,2,7-11H2,1H3,(H,20,23)(H,21,25). The molecule has 1 saturated carbocycles. The van der Waals surface area contributed by atoms with E-state index in [2.05, 4.69) is 17.6 Å². The number of nitrogens with zero attached hydrogens (tertiary/aromatic N) is 1. The number of halogens is 1. The molecule has 2 aliphatic rings. The molecule has 0 radical (unpaired) electrons. The predicted octanol–water partition coefficient (Wildman–Crippen LogP) is 2.66. The number of hydrogen-bond donors (Lipinski definition) is 2. The van der Waals surface area contributed by atoms with Gasteiger partial charge in [0, 0.05) is 0 Å². The summed E-state index contributed by atoms with van der Waals surface area (Å²) in [4.78, 5) is 38.0. The summed E-state index contributed by atoms with van der Waals surface area (Å²) in [7, 11) is 0. The van der Waals surface area contributed by atoms with Gasteiger partial charge in [-0.05, 0) is 43.7 Å². The van der Waals surface area contributed by atoms with Crippen LogP contribution < -0.4 is 10.6 Å². The Morgan fingerprint density at radius 3 is 2.64 bits per heavy atom. The van der Waals surface area contributed by atoms with Gasteiger partial charge in [-0.15, -0.1) is 0 Å². The van der Waals surface area contributed by atoms with Crippen LogP contribution in [0, 0.1) is 11.7 Å². The number of rotatable bonds is 4. The van der Waals surface area contributed by atoms with Gasteiger partial charge < -0.3 is 10.6 Å². The quantitative estimate of drug-likeness (QED) is 0.822. The number of imide groups is 1. The van der Waals surface area contributed by atoms with Crippen molar-refractivity contribution in [1.82, 2.24) is 10.2 Å². The van der Waals surface area contributed by atoms with Gasteiger partial charge in [-0.1, -0.05) is 25.5 Å². The molecular weight excluding hydrogens is 325 g/mol. The Balaban J connectivity index is 1.65. The van der Waals surface area contributed by atoms with E-state index < -0.39 is 29.8 Å². The molecule has 4 amide bonds. The zero-order chi connectivity index (χ0) is 18.0. The van der Waals surface area contributed by atoms with Gasteiger partial charge in [-0.25, -0.2) is 9.18 Å². The molecule has 0 aromatic heterocycles. The summed E-state index contributed by atoms with van der Waals surface area (Å²) >= 11 is 0. The molecular formula is C18H22FN3O3. The van der Waals surface area contributed by atoms with Gasteiger partial charge in [0.2, 0.25) is 5.91 Å². The molecule has 134 valence electrons. The molecule has 25 heavy (non-hydrogen) atoms. The fraction of sp³-hybridized carbons (Fsp3) is 0.500. The number of anilines is 1. The number of para-hydroxylation sites is 1. The Hall–Kier alpha value is -2.44. The highest BCUT2D eigenvalue weighted by molar-refractivity contribution is 6.10. The third kappa shape index (κ3) is 3.36. The maximum absolute atomic E-state index is 13.6. The van der Waals surface area contributed by atoms with Gasteiger partial charge in [0.05, 0.1) is 5.69 Å². The van der Waals surface area contributed by atoms with Crippen LogP contribution >= 0.6 is 0 Å². The number of carbonyl (C=O) groups is 3. The first-order chi connectivity index (χ1) is 11.9. The summed E-state index contributed by atoms with van der Waals surface area (Å²) in [6.07, 6.45) is 4.03. The van der Waals surface area contributed by atoms with Crippen LogP contribution in [0.5, 0.6) is 0 Å². The van der Waals surface area contributed by atoms with Gasteiger partial charge in [0.25, 0.3) is 5.91 Å². The van der Waals surface area contributed by atoms with Gasteiger partial charge in [0.15, 0.2) is 0 Å². The van der Waals surface area contributed by atoms with Crippen molar-refractivity contribution in [2.75, 3.05) is 11.9 Å². The summed E-state index contributed by atoms with van der Waals surface area (Å²) in [5.41, 5.74) is -0.848. The van der Waals surface area contributed by atoms with Gasteiger partial charge in [0.1, 0.15) is 17.9 Å². The summed E-state index contributed by atoms with van der Waals surface area (Å²) in [6.45, 7) is 1.70. The first-order valence-electron chi connectivity index (χ1n) is 8.63. The summed E-state index contributed by atoms with van der Waals surface area (Å²) < 4.78 is 13.6. The molecule has 2 N–H and O–H groups in total. The SMILES string of the molecule is CCC1CCC2(CC1)NC(=O)N(CC(=O)Nc1ccccc1F)C2=O. The van der Waals surface area contributed by atoms with Gasteiger partial charge in [-0.2, -0.15) is 0 Å². The van der Waals surface area contributed by atoms with Crippen LogP contribution in [0.25, 0.3) is 0 Å². The molecule has 2 fully saturated rings. The molecule has 1 saturated heterocycles. The van der Waals surface area contributed by atoms with E-state index >= 15 is 0 Å². The number of urea groups is 1. The van der Waals surface area contributed by atoms with Gasteiger partial charge >= 0.3 is 6.03 Å². The maximum atomic E-state index is 13.6. The van der Waals surface area contributed by atoms with E-state index in [4.69, 9.17) is 0 Å². The second-order valence-corrected chi connectivity index (χ2v) is 6.78. The molecule has 0 bridgehead atoms. The number of amides is 4. The van der Waals surface area contributed by atoms with Crippen molar-refractivity contribution in [2.45, 2.75) is 44.6 Å². The number of carbonyl (C=O) groups excluding carboxylic acids is 3. The van der Waals surface area contributed by atoms with Gasteiger partial charge in [-0.3, -0.25) is 14.5 Å². The molecule has 1 aliphatic carbocycles. The van der Waals surface area contributed by atoms with E-state index in [0.717, 1.165) is 24.2 Å². The highest BCUT2D eigenvalue weighted by Crippen LogP contribution is 2.37. The average Bonchev–Trinajstić information content (AvgIpc) is 2.82. The van der Waals surface area contributed by atoms with Crippen LogP contribution in [0.3, 0.4) is 0 Å². The maximum Gasteiger partial charge on any atom is 0.325 e. The van der Waals surface area contributed by atoms with Crippen LogP contribution in [0.1, 0.15) is 39.0 Å². The lowest BCUT2D eigenvalue weighted by atomic mass is 9.75. The molecule has 1 aliphatic heterocycles. The van der Waals surface area contributed by atoms with Crippen LogP contribution in [-0.4, -0.2) is 34.8 Å². The minimum atomic E-state index is -0.874. The second kappa shape index (κ2) is 6.82. The molecule has 1 spiro atoms. The lowest BCUT2D eigenvalue weighted by Gasteiger charge is -2.34. The minimum absolute atomic E-state index is 0.0257. The van der Waals surface area contributed by atoms with E-state index in [1.54, 1.807) is 6.07 Å². The van der Waals surface area contributed by atoms with Crippen molar-refractivity contribution in [3.05, 3.63) is 30.1 Å². The topological polar surface area (TPSA) is 78.5 Å². The van der Waals surface area contributed by atoms with Crippen molar-refractivity contribution in [3.8, 4) is 0 Å². The first-order valence-corrected chi connectivity index (χ1v) is 8.63. The molecule has 6 nitrogen and oxygen atoms in total. The van der Waals surface area contributed by atoms with Crippen molar-refractivity contribution < 1.29 is 18.8 Å². The van der Waals surface area contributed by atoms with E-state index in [1.807, 2.05) is 0 Å². The Morgan fingerprint density at radius 1 is 1.32 bits per heavy atom. The lowest BCUT2D eigenvalue weighted by molar-refractivity contribution is -0.135.